The van der Waals surface area contributed by atoms with Crippen molar-refractivity contribution in [1.29, 1.82) is 0 Å². The van der Waals surface area contributed by atoms with Crippen molar-refractivity contribution >= 4 is 12.1 Å². The van der Waals surface area contributed by atoms with E-state index in [0.29, 0.717) is 0 Å². The quantitative estimate of drug-likeness (QED) is 0.685. The van der Waals surface area contributed by atoms with Crippen LogP contribution in [0.3, 0.4) is 0 Å². The van der Waals surface area contributed by atoms with Crippen LogP contribution in [0.5, 0.6) is 0 Å². The van der Waals surface area contributed by atoms with Crippen molar-refractivity contribution in [1.82, 2.24) is 5.32 Å². The first-order chi connectivity index (χ1) is 7.28. The number of hydrogen-bond acceptors (Lipinski definition) is 5. The van der Waals surface area contributed by atoms with Gasteiger partial charge in [-0.25, -0.2) is 4.79 Å². The van der Waals surface area contributed by atoms with Gasteiger partial charge in [-0.2, -0.15) is 0 Å². The van der Waals surface area contributed by atoms with Crippen LogP contribution in [0.2, 0.25) is 0 Å². The molecule has 16 heavy (non-hydrogen) atoms. The fourth-order valence-electron chi connectivity index (χ4n) is 0.952. The molecule has 0 spiro atoms. The highest BCUT2D eigenvalue weighted by Gasteiger charge is 2.20. The average Bonchev–Trinajstić information content (AvgIpc) is 2.13. The summed E-state index contributed by atoms with van der Waals surface area (Å²) in [7, 11) is 1.28. The molecule has 94 valence electrons. The summed E-state index contributed by atoms with van der Waals surface area (Å²) in [6.07, 6.45) is -0.557. The predicted octanol–water partition coefficient (Wildman–Crippen LogP) is 0.401. The second-order valence-corrected chi connectivity index (χ2v) is 4.36. The number of ether oxygens (including phenoxy) is 2. The Bertz CT molecular complexity index is 248. The number of methoxy groups -OCH3 is 1. The summed E-state index contributed by atoms with van der Waals surface area (Å²) in [5, 5.41) is 2.50. The van der Waals surface area contributed by atoms with Gasteiger partial charge in [-0.15, -0.1) is 0 Å². The first-order valence-electron chi connectivity index (χ1n) is 5.05. The highest BCUT2D eigenvalue weighted by atomic mass is 16.6. The molecule has 0 radical (unpaired) electrons. The van der Waals surface area contributed by atoms with Gasteiger partial charge in [-0.05, 0) is 20.8 Å². The molecule has 6 heteroatoms. The van der Waals surface area contributed by atoms with E-state index in [9.17, 15) is 9.59 Å². The molecule has 0 saturated carbocycles. The van der Waals surface area contributed by atoms with E-state index >= 15 is 0 Å². The summed E-state index contributed by atoms with van der Waals surface area (Å²) in [4.78, 5) is 22.3. The molecule has 0 bridgehead atoms. The lowest BCUT2D eigenvalue weighted by atomic mass is 10.2. The molecule has 0 aromatic heterocycles. The SMILES string of the molecule is COC(=O)C[C@@H](CN)NC(=O)OC(C)(C)C. The van der Waals surface area contributed by atoms with E-state index < -0.39 is 23.7 Å². The molecule has 0 heterocycles. The van der Waals surface area contributed by atoms with Crippen LogP contribution in [0.25, 0.3) is 0 Å². The molecule has 0 aliphatic carbocycles. The fraction of sp³-hybridized carbons (Fsp3) is 0.800. The summed E-state index contributed by atoms with van der Waals surface area (Å²) in [5.41, 5.74) is 4.83. The minimum atomic E-state index is -0.591. The third kappa shape index (κ3) is 7.05. The second kappa shape index (κ2) is 6.32. The van der Waals surface area contributed by atoms with E-state index in [2.05, 4.69) is 10.1 Å². The summed E-state index contributed by atoms with van der Waals surface area (Å²) in [6.45, 7) is 5.41. The monoisotopic (exact) mass is 232 g/mol. The van der Waals surface area contributed by atoms with Gasteiger partial charge in [0.1, 0.15) is 5.60 Å². The molecule has 1 atom stereocenters. The Morgan fingerprint density at radius 2 is 1.94 bits per heavy atom. The van der Waals surface area contributed by atoms with Crippen molar-refractivity contribution < 1.29 is 19.1 Å². The number of hydrogen-bond donors (Lipinski definition) is 2. The maximum Gasteiger partial charge on any atom is 0.407 e. The molecule has 1 amide bonds. The van der Waals surface area contributed by atoms with Gasteiger partial charge in [-0.3, -0.25) is 4.79 Å². The minimum Gasteiger partial charge on any atom is -0.469 e. The first kappa shape index (κ1) is 14.7. The number of amides is 1. The lowest BCUT2D eigenvalue weighted by molar-refractivity contribution is -0.141. The molecular formula is C10H20N2O4. The molecule has 3 N–H and O–H groups in total. The van der Waals surface area contributed by atoms with Gasteiger partial charge in [0.2, 0.25) is 0 Å². The van der Waals surface area contributed by atoms with E-state index in [1.54, 1.807) is 20.8 Å². The van der Waals surface area contributed by atoms with Crippen molar-refractivity contribution in [2.24, 2.45) is 5.73 Å². The van der Waals surface area contributed by atoms with Crippen LogP contribution in [0.1, 0.15) is 27.2 Å². The first-order valence-corrected chi connectivity index (χ1v) is 5.05. The van der Waals surface area contributed by atoms with Crippen LogP contribution in [0.15, 0.2) is 0 Å². The summed E-state index contributed by atoms with van der Waals surface area (Å²) >= 11 is 0. The molecule has 0 unspecified atom stereocenters. The molecule has 0 aliphatic rings. The van der Waals surface area contributed by atoms with E-state index in [0.717, 1.165) is 0 Å². The average molecular weight is 232 g/mol. The zero-order valence-electron chi connectivity index (χ0n) is 10.2. The number of esters is 1. The number of rotatable bonds is 4. The zero-order chi connectivity index (χ0) is 12.8. The molecule has 6 nitrogen and oxygen atoms in total. The maximum atomic E-state index is 11.4. The van der Waals surface area contributed by atoms with Crippen molar-refractivity contribution in [3.8, 4) is 0 Å². The van der Waals surface area contributed by atoms with Crippen LogP contribution in [-0.2, 0) is 14.3 Å². The van der Waals surface area contributed by atoms with Crippen LogP contribution < -0.4 is 11.1 Å². The van der Waals surface area contributed by atoms with E-state index in [1.165, 1.54) is 7.11 Å². The Balaban J connectivity index is 4.12. The van der Waals surface area contributed by atoms with E-state index in [4.69, 9.17) is 10.5 Å². The Morgan fingerprint density at radius 3 is 2.31 bits per heavy atom. The van der Waals surface area contributed by atoms with Gasteiger partial charge in [0.15, 0.2) is 0 Å². The van der Waals surface area contributed by atoms with E-state index in [-0.39, 0.29) is 13.0 Å². The zero-order valence-corrected chi connectivity index (χ0v) is 10.2. The minimum absolute atomic E-state index is 0.0340. The Morgan fingerprint density at radius 1 is 1.38 bits per heavy atom. The molecule has 0 aromatic carbocycles. The molecule has 0 rings (SSSR count). The van der Waals surface area contributed by atoms with Gasteiger partial charge in [0.25, 0.3) is 0 Å². The van der Waals surface area contributed by atoms with Gasteiger partial charge in [-0.1, -0.05) is 0 Å². The topological polar surface area (TPSA) is 90.6 Å². The summed E-state index contributed by atoms with van der Waals surface area (Å²) in [6, 6.07) is -0.470. The summed E-state index contributed by atoms with van der Waals surface area (Å²) < 4.78 is 9.51. The van der Waals surface area contributed by atoms with Crippen LogP contribution in [0, 0.1) is 0 Å². The van der Waals surface area contributed by atoms with Gasteiger partial charge in [0, 0.05) is 6.54 Å². The largest absolute Gasteiger partial charge is 0.469 e. The molecule has 0 saturated heterocycles. The van der Waals surface area contributed by atoms with Crippen LogP contribution in [-0.4, -0.2) is 37.4 Å². The molecule has 0 fully saturated rings. The van der Waals surface area contributed by atoms with Crippen molar-refractivity contribution in [2.45, 2.75) is 38.8 Å². The third-order valence-corrected chi connectivity index (χ3v) is 1.65. The van der Waals surface area contributed by atoms with Gasteiger partial charge in [0.05, 0.1) is 19.6 Å². The maximum absolute atomic E-state index is 11.4. The number of carbonyl (C=O) groups excluding carboxylic acids is 2. The lowest BCUT2D eigenvalue weighted by Gasteiger charge is -2.22. The number of nitrogens with two attached hydrogens (primary N) is 1. The highest BCUT2D eigenvalue weighted by molar-refractivity contribution is 5.72. The normalized spacial score (nSPS) is 12.8. The Labute approximate surface area is 95.5 Å². The number of alkyl carbamates (subject to hydrolysis) is 1. The van der Waals surface area contributed by atoms with Crippen molar-refractivity contribution in [3.05, 3.63) is 0 Å². The number of nitrogens with one attached hydrogen (secondary N) is 1. The smallest absolute Gasteiger partial charge is 0.407 e. The van der Waals surface area contributed by atoms with Crippen molar-refractivity contribution in [2.75, 3.05) is 13.7 Å². The van der Waals surface area contributed by atoms with E-state index in [1.807, 2.05) is 0 Å². The fourth-order valence-corrected chi connectivity index (χ4v) is 0.952. The van der Waals surface area contributed by atoms with Crippen LogP contribution in [0.4, 0.5) is 4.79 Å². The van der Waals surface area contributed by atoms with Gasteiger partial charge < -0.3 is 20.5 Å². The highest BCUT2D eigenvalue weighted by Crippen LogP contribution is 2.07. The molecule has 0 aromatic rings. The van der Waals surface area contributed by atoms with Crippen LogP contribution >= 0.6 is 0 Å². The Hall–Kier alpha value is -1.30. The lowest BCUT2D eigenvalue weighted by Crippen LogP contribution is -2.44. The Kier molecular flexibility index (Phi) is 5.81. The standard InChI is InChI=1S/C10H20N2O4/c1-10(2,3)16-9(14)12-7(6-11)5-8(13)15-4/h7H,5-6,11H2,1-4H3,(H,12,14)/t7-/m0/s1. The summed E-state index contributed by atoms with van der Waals surface area (Å²) in [5.74, 6) is -0.425. The van der Waals surface area contributed by atoms with Crippen molar-refractivity contribution in [3.63, 3.8) is 0 Å². The predicted molar refractivity (Wildman–Crippen MR) is 58.8 cm³/mol. The third-order valence-electron chi connectivity index (χ3n) is 1.65. The molecule has 0 aliphatic heterocycles. The van der Waals surface area contributed by atoms with Gasteiger partial charge >= 0.3 is 12.1 Å². The molecular weight excluding hydrogens is 212 g/mol. The second-order valence-electron chi connectivity index (χ2n) is 4.36. The number of carbonyl (C=O) groups is 2.